The summed E-state index contributed by atoms with van der Waals surface area (Å²) in [6, 6.07) is 10.4. The minimum Gasteiger partial charge on any atom is -0.507 e. The second-order valence-electron chi connectivity index (χ2n) is 10.2. The molecule has 0 saturated carbocycles. The zero-order chi connectivity index (χ0) is 30.3. The molecule has 0 spiro atoms. The Morgan fingerprint density at radius 1 is 0.786 bits per heavy atom. The van der Waals surface area contributed by atoms with Crippen LogP contribution in [0.25, 0.3) is 22.3 Å². The molecule has 42 heavy (non-hydrogen) atoms. The van der Waals surface area contributed by atoms with Crippen molar-refractivity contribution in [1.29, 1.82) is 0 Å². The fourth-order valence-corrected chi connectivity index (χ4v) is 4.84. The highest BCUT2D eigenvalue weighted by molar-refractivity contribution is 5.86. The minimum absolute atomic E-state index is 0.0348. The average molecular weight is 593 g/mol. The van der Waals surface area contributed by atoms with Gasteiger partial charge in [0.05, 0.1) is 19.8 Å². The van der Waals surface area contributed by atoms with Gasteiger partial charge < -0.3 is 63.8 Å². The van der Waals surface area contributed by atoms with Crippen LogP contribution in [0, 0.1) is 0 Å². The van der Waals surface area contributed by atoms with Gasteiger partial charge in [0, 0.05) is 23.8 Å². The van der Waals surface area contributed by atoms with Gasteiger partial charge in [-0.15, -0.1) is 0 Å². The number of methoxy groups -OCH3 is 1. The van der Waals surface area contributed by atoms with Gasteiger partial charge in [-0.25, -0.2) is 0 Å². The molecule has 2 aliphatic rings. The Labute approximate surface area is 238 Å². The number of fused-ring (bicyclic) bond motifs is 1. The lowest BCUT2D eigenvalue weighted by Gasteiger charge is -2.42. The third-order valence-electron chi connectivity index (χ3n) is 7.31. The molecule has 5 rings (SSSR count). The van der Waals surface area contributed by atoms with Gasteiger partial charge in [0.15, 0.2) is 11.7 Å². The largest absolute Gasteiger partial charge is 0.507 e. The van der Waals surface area contributed by atoms with Crippen LogP contribution >= 0.6 is 0 Å². The van der Waals surface area contributed by atoms with Crippen molar-refractivity contribution in [3.8, 4) is 28.6 Å². The van der Waals surface area contributed by atoms with E-state index in [-0.39, 0.29) is 22.5 Å². The van der Waals surface area contributed by atoms with Gasteiger partial charge >= 0.3 is 0 Å². The Morgan fingerprint density at radius 2 is 1.45 bits per heavy atom. The average Bonchev–Trinajstić information content (AvgIpc) is 2.97. The van der Waals surface area contributed by atoms with E-state index in [0.29, 0.717) is 11.3 Å². The maximum Gasteiger partial charge on any atom is 0.229 e. The molecule has 14 nitrogen and oxygen atoms in total. The molecule has 10 atom stereocenters. The summed E-state index contributed by atoms with van der Waals surface area (Å²) in [7, 11) is 1.52. The number of phenolic OH excluding ortho intramolecular Hbond substituents is 1. The first-order chi connectivity index (χ1) is 20.0. The minimum atomic E-state index is -1.76. The Kier molecular flexibility index (Phi) is 8.71. The van der Waals surface area contributed by atoms with Crippen LogP contribution in [0.4, 0.5) is 0 Å². The Morgan fingerprint density at radius 3 is 2.14 bits per heavy atom. The van der Waals surface area contributed by atoms with E-state index in [2.05, 4.69) is 0 Å². The molecule has 7 N–H and O–H groups in total. The molecule has 3 heterocycles. The van der Waals surface area contributed by atoms with Crippen molar-refractivity contribution >= 4 is 11.0 Å². The lowest BCUT2D eigenvalue weighted by molar-refractivity contribution is -0.318. The van der Waals surface area contributed by atoms with Crippen molar-refractivity contribution in [1.82, 2.24) is 0 Å². The molecule has 0 aliphatic carbocycles. The number of ether oxygens (including phenoxy) is 5. The van der Waals surface area contributed by atoms with Gasteiger partial charge in [-0.2, -0.15) is 0 Å². The topological polar surface area (TPSA) is 218 Å². The third kappa shape index (κ3) is 5.81. The second-order valence-corrected chi connectivity index (χ2v) is 10.2. The molecule has 2 aliphatic heterocycles. The van der Waals surface area contributed by atoms with E-state index in [1.807, 2.05) is 0 Å². The number of hydrogen-bond acceptors (Lipinski definition) is 14. The molecular formula is C28H32O14. The SMILES string of the molecule is COc1ccc(-c2cc(=O)c3c(O)cc(O[C@@H]4O[C@H](CO[C@@H]5O[C@H](C)[C@H](O)[C@@H](O)[C@H]5O)[C@@H](O)[C@@H](O)[C@H]4O)cc3o2)cc1. The van der Waals surface area contributed by atoms with E-state index in [4.69, 9.17) is 28.1 Å². The van der Waals surface area contributed by atoms with Crippen LogP contribution in [0.2, 0.25) is 0 Å². The number of rotatable bonds is 7. The summed E-state index contributed by atoms with van der Waals surface area (Å²) in [5, 5.41) is 71.9. The first-order valence-electron chi connectivity index (χ1n) is 13.1. The summed E-state index contributed by atoms with van der Waals surface area (Å²) in [6.07, 6.45) is -14.8. The summed E-state index contributed by atoms with van der Waals surface area (Å²) in [6.45, 7) is 0.984. The summed E-state index contributed by atoms with van der Waals surface area (Å²) >= 11 is 0. The van der Waals surface area contributed by atoms with Crippen molar-refractivity contribution in [2.24, 2.45) is 0 Å². The van der Waals surface area contributed by atoms with E-state index in [1.54, 1.807) is 24.3 Å². The standard InChI is InChI=1S/C28H32O14/c1-11-21(31)23(33)25(35)27(39-11)38-10-19-22(32)24(34)26(36)28(42-19)40-14-7-15(29)20-16(30)9-17(41-18(20)8-14)12-3-5-13(37-2)6-4-12/h3-9,11,19,21-29,31-36H,10H2,1-2H3/t11-,19-,21+,22-,23-,24-,25-,26-,27-,28-/m1/s1. The Hall–Kier alpha value is -3.31. The van der Waals surface area contributed by atoms with Gasteiger partial charge in [-0.05, 0) is 31.2 Å². The number of aliphatic hydroxyl groups excluding tert-OH is 6. The van der Waals surface area contributed by atoms with E-state index < -0.39 is 79.2 Å². The number of hydrogen-bond donors (Lipinski definition) is 7. The highest BCUT2D eigenvalue weighted by Crippen LogP contribution is 2.34. The van der Waals surface area contributed by atoms with Gasteiger partial charge in [0.1, 0.15) is 76.7 Å². The van der Waals surface area contributed by atoms with Crippen LogP contribution in [0.5, 0.6) is 17.2 Å². The van der Waals surface area contributed by atoms with E-state index in [1.165, 1.54) is 26.2 Å². The lowest BCUT2D eigenvalue weighted by Crippen LogP contribution is -2.61. The van der Waals surface area contributed by atoms with Crippen molar-refractivity contribution in [2.75, 3.05) is 13.7 Å². The van der Waals surface area contributed by atoms with Gasteiger partial charge in [-0.3, -0.25) is 4.79 Å². The summed E-state index contributed by atoms with van der Waals surface area (Å²) in [5.41, 5.74) is 0.0115. The summed E-state index contributed by atoms with van der Waals surface area (Å²) < 4.78 is 33.2. The normalized spacial score (nSPS) is 33.4. The number of phenols is 1. The lowest BCUT2D eigenvalue weighted by atomic mass is 9.98. The molecule has 2 saturated heterocycles. The quantitative estimate of drug-likeness (QED) is 0.179. The number of aliphatic hydroxyl groups is 6. The van der Waals surface area contributed by atoms with Crippen LogP contribution in [0.1, 0.15) is 6.92 Å². The Balaban J connectivity index is 1.35. The van der Waals surface area contributed by atoms with E-state index in [0.717, 1.165) is 6.07 Å². The number of benzene rings is 2. The predicted molar refractivity (Wildman–Crippen MR) is 142 cm³/mol. The molecule has 14 heteroatoms. The Bertz CT molecular complexity index is 1440. The van der Waals surface area contributed by atoms with Crippen LogP contribution < -0.4 is 14.9 Å². The molecule has 0 radical (unpaired) electrons. The molecule has 0 bridgehead atoms. The molecule has 0 amide bonds. The maximum absolute atomic E-state index is 12.8. The van der Waals surface area contributed by atoms with Gasteiger partial charge in [0.25, 0.3) is 0 Å². The van der Waals surface area contributed by atoms with Crippen molar-refractivity contribution in [2.45, 2.75) is 68.3 Å². The summed E-state index contributed by atoms with van der Waals surface area (Å²) in [5.74, 6) is 0.238. The van der Waals surface area contributed by atoms with Crippen LogP contribution in [0.15, 0.2) is 51.7 Å². The molecule has 3 aromatic rings. The smallest absolute Gasteiger partial charge is 0.229 e. The number of aromatic hydroxyl groups is 1. The summed E-state index contributed by atoms with van der Waals surface area (Å²) in [4.78, 5) is 12.8. The van der Waals surface area contributed by atoms with E-state index >= 15 is 0 Å². The van der Waals surface area contributed by atoms with E-state index in [9.17, 15) is 40.5 Å². The van der Waals surface area contributed by atoms with Crippen LogP contribution in [-0.4, -0.2) is 111 Å². The first-order valence-corrected chi connectivity index (χ1v) is 13.1. The fraction of sp³-hybridized carbons (Fsp3) is 0.464. The van der Waals surface area contributed by atoms with Crippen molar-refractivity contribution in [3.05, 3.63) is 52.7 Å². The predicted octanol–water partition coefficient (Wildman–Crippen LogP) is -0.795. The monoisotopic (exact) mass is 592 g/mol. The van der Waals surface area contributed by atoms with Crippen molar-refractivity contribution in [3.63, 3.8) is 0 Å². The van der Waals surface area contributed by atoms with Gasteiger partial charge in [-0.1, -0.05) is 0 Å². The van der Waals surface area contributed by atoms with Crippen LogP contribution in [-0.2, 0) is 14.2 Å². The zero-order valence-electron chi connectivity index (χ0n) is 22.5. The maximum atomic E-state index is 12.8. The highest BCUT2D eigenvalue weighted by atomic mass is 16.7. The highest BCUT2D eigenvalue weighted by Gasteiger charge is 2.47. The third-order valence-corrected chi connectivity index (χ3v) is 7.31. The molecular weight excluding hydrogens is 560 g/mol. The zero-order valence-corrected chi connectivity index (χ0v) is 22.5. The van der Waals surface area contributed by atoms with Gasteiger partial charge in [0.2, 0.25) is 6.29 Å². The first kappa shape index (κ1) is 30.2. The second kappa shape index (κ2) is 12.1. The fourth-order valence-electron chi connectivity index (χ4n) is 4.84. The molecule has 2 aromatic carbocycles. The van der Waals surface area contributed by atoms with Crippen LogP contribution in [0.3, 0.4) is 0 Å². The molecule has 2 fully saturated rings. The molecule has 0 unspecified atom stereocenters. The van der Waals surface area contributed by atoms with Crippen molar-refractivity contribution < 1.29 is 63.8 Å². The molecule has 1 aromatic heterocycles. The molecule has 228 valence electrons.